The predicted octanol–water partition coefficient (Wildman–Crippen LogP) is 4.00. The van der Waals surface area contributed by atoms with E-state index in [0.717, 1.165) is 5.01 Å². The van der Waals surface area contributed by atoms with Gasteiger partial charge < -0.3 is 0 Å². The molecule has 0 aliphatic carbocycles. The lowest BCUT2D eigenvalue weighted by atomic mass is 9.98. The van der Waals surface area contributed by atoms with Crippen LogP contribution in [0.4, 0.5) is 4.39 Å². The summed E-state index contributed by atoms with van der Waals surface area (Å²) in [7, 11) is 0. The zero-order valence-electron chi connectivity index (χ0n) is 10.6. The maximum atomic E-state index is 13.3. The van der Waals surface area contributed by atoms with Crippen LogP contribution in [0.15, 0.2) is 5.38 Å². The van der Waals surface area contributed by atoms with Gasteiger partial charge in [0.2, 0.25) is 0 Å². The van der Waals surface area contributed by atoms with Gasteiger partial charge in [-0.2, -0.15) is 0 Å². The molecular weight excluding hydrogens is 273 g/mol. The minimum absolute atomic E-state index is 0.0260. The Morgan fingerprint density at radius 1 is 1.22 bits per heavy atom. The number of thiazole rings is 1. The van der Waals surface area contributed by atoms with Crippen molar-refractivity contribution in [3.63, 3.8) is 0 Å². The fourth-order valence-corrected chi connectivity index (χ4v) is 2.46. The molecule has 2 aromatic rings. The highest BCUT2D eigenvalue weighted by atomic mass is 35.5. The summed E-state index contributed by atoms with van der Waals surface area (Å²) in [5.74, 6) is -0.211. The molecule has 0 saturated heterocycles. The van der Waals surface area contributed by atoms with Gasteiger partial charge in [-0.1, -0.05) is 32.4 Å². The summed E-state index contributed by atoms with van der Waals surface area (Å²) in [6.07, 6.45) is 0. The normalized spacial score (nSPS) is 11.9. The lowest BCUT2D eigenvalue weighted by Gasteiger charge is -2.13. The largest absolute Gasteiger partial charge is 0.237 e. The zero-order chi connectivity index (χ0) is 13.5. The quantitative estimate of drug-likeness (QED) is 0.744. The van der Waals surface area contributed by atoms with E-state index < -0.39 is 5.82 Å². The number of aryl methyl sites for hydroxylation is 1. The van der Waals surface area contributed by atoms with E-state index in [0.29, 0.717) is 11.5 Å². The molecule has 0 saturated carbocycles. The Hall–Kier alpha value is -1.07. The van der Waals surface area contributed by atoms with Crippen LogP contribution in [0.3, 0.4) is 0 Å². The average Bonchev–Trinajstić information content (AvgIpc) is 2.73. The standard InChI is InChI=1S/C12H13ClFN3S/c1-6-8(14)9(13)17-10(15-6)7-5-18-11(16-7)12(2,3)4/h5H,1-4H3. The van der Waals surface area contributed by atoms with Crippen LogP contribution in [0.25, 0.3) is 11.5 Å². The maximum absolute atomic E-state index is 13.3. The predicted molar refractivity (Wildman–Crippen MR) is 71.5 cm³/mol. The van der Waals surface area contributed by atoms with E-state index >= 15 is 0 Å². The van der Waals surface area contributed by atoms with Gasteiger partial charge in [0.05, 0.1) is 10.7 Å². The highest BCUT2D eigenvalue weighted by Gasteiger charge is 2.20. The third-order valence-corrected chi connectivity index (χ3v) is 3.87. The Labute approximate surface area is 114 Å². The van der Waals surface area contributed by atoms with Crippen molar-refractivity contribution in [2.45, 2.75) is 33.1 Å². The fraction of sp³-hybridized carbons (Fsp3) is 0.417. The Balaban J connectivity index is 2.47. The van der Waals surface area contributed by atoms with E-state index in [1.54, 1.807) is 6.92 Å². The van der Waals surface area contributed by atoms with Crippen molar-refractivity contribution >= 4 is 22.9 Å². The van der Waals surface area contributed by atoms with Crippen LogP contribution in [0.5, 0.6) is 0 Å². The molecule has 0 atom stereocenters. The van der Waals surface area contributed by atoms with Crippen LogP contribution in [0.2, 0.25) is 5.15 Å². The third-order valence-electron chi connectivity index (χ3n) is 2.35. The smallest absolute Gasteiger partial charge is 0.181 e. The second kappa shape index (κ2) is 4.55. The molecule has 0 amide bonds. The molecule has 0 unspecified atom stereocenters. The summed E-state index contributed by atoms with van der Waals surface area (Å²) in [6.45, 7) is 7.81. The fourth-order valence-electron chi connectivity index (χ4n) is 1.36. The SMILES string of the molecule is Cc1nc(-c2csc(C(C)(C)C)n2)nc(Cl)c1F. The summed E-state index contributed by atoms with van der Waals surface area (Å²) in [6, 6.07) is 0. The van der Waals surface area contributed by atoms with Crippen LogP contribution < -0.4 is 0 Å². The lowest BCUT2D eigenvalue weighted by molar-refractivity contribution is 0.585. The lowest BCUT2D eigenvalue weighted by Crippen LogP contribution is -2.10. The molecule has 0 spiro atoms. The second-order valence-corrected chi connectivity index (χ2v) is 6.24. The van der Waals surface area contributed by atoms with E-state index in [1.165, 1.54) is 11.3 Å². The van der Waals surface area contributed by atoms with Gasteiger partial charge in [-0.15, -0.1) is 11.3 Å². The second-order valence-electron chi connectivity index (χ2n) is 5.03. The molecule has 0 radical (unpaired) electrons. The van der Waals surface area contributed by atoms with Gasteiger partial charge in [0.1, 0.15) is 5.69 Å². The Morgan fingerprint density at radius 2 is 1.89 bits per heavy atom. The first-order valence-corrected chi connectivity index (χ1v) is 6.71. The van der Waals surface area contributed by atoms with Crippen molar-refractivity contribution in [2.24, 2.45) is 0 Å². The molecule has 6 heteroatoms. The molecule has 0 N–H and O–H groups in total. The minimum atomic E-state index is -0.577. The van der Waals surface area contributed by atoms with Crippen molar-refractivity contribution in [1.29, 1.82) is 0 Å². The van der Waals surface area contributed by atoms with Crippen molar-refractivity contribution in [2.75, 3.05) is 0 Å². The van der Waals surface area contributed by atoms with Crippen LogP contribution in [-0.2, 0) is 5.41 Å². The first kappa shape index (κ1) is 13.4. The summed E-state index contributed by atoms with van der Waals surface area (Å²) in [4.78, 5) is 12.5. The van der Waals surface area contributed by atoms with Crippen molar-refractivity contribution in [1.82, 2.24) is 15.0 Å². The molecule has 2 rings (SSSR count). The van der Waals surface area contributed by atoms with Crippen molar-refractivity contribution < 1.29 is 4.39 Å². The molecule has 3 nitrogen and oxygen atoms in total. The maximum Gasteiger partial charge on any atom is 0.181 e. The van der Waals surface area contributed by atoms with E-state index in [9.17, 15) is 4.39 Å². The summed E-state index contributed by atoms with van der Waals surface area (Å²) >= 11 is 7.25. The molecule has 0 aromatic carbocycles. The third kappa shape index (κ3) is 2.52. The number of rotatable bonds is 1. The summed E-state index contributed by atoms with van der Waals surface area (Å²) < 4.78 is 13.3. The summed E-state index contributed by atoms with van der Waals surface area (Å²) in [5.41, 5.74) is 0.840. The Bertz CT molecular complexity index is 566. The average molecular weight is 286 g/mol. The Morgan fingerprint density at radius 3 is 2.39 bits per heavy atom. The van der Waals surface area contributed by atoms with E-state index in [1.807, 2.05) is 5.38 Å². The molecule has 0 fully saturated rings. The molecular formula is C12H13ClFN3S. The van der Waals surface area contributed by atoms with Crippen LogP contribution in [0.1, 0.15) is 31.5 Å². The van der Waals surface area contributed by atoms with Gasteiger partial charge in [-0.25, -0.2) is 19.3 Å². The number of hydrogen-bond acceptors (Lipinski definition) is 4. The first-order valence-electron chi connectivity index (χ1n) is 5.45. The highest BCUT2D eigenvalue weighted by Crippen LogP contribution is 2.29. The van der Waals surface area contributed by atoms with Gasteiger partial charge >= 0.3 is 0 Å². The summed E-state index contributed by atoms with van der Waals surface area (Å²) in [5, 5.41) is 2.69. The van der Waals surface area contributed by atoms with Gasteiger partial charge in [0.15, 0.2) is 16.8 Å². The number of nitrogens with zero attached hydrogens (tertiary/aromatic N) is 3. The van der Waals surface area contributed by atoms with Crippen LogP contribution in [-0.4, -0.2) is 15.0 Å². The number of aromatic nitrogens is 3. The van der Waals surface area contributed by atoms with Gasteiger partial charge in [-0.05, 0) is 6.92 Å². The molecule has 96 valence electrons. The monoisotopic (exact) mass is 285 g/mol. The van der Waals surface area contributed by atoms with Crippen LogP contribution in [0, 0.1) is 12.7 Å². The molecule has 2 heterocycles. The van der Waals surface area contributed by atoms with Gasteiger partial charge in [-0.3, -0.25) is 0 Å². The first-order chi connectivity index (χ1) is 8.29. The topological polar surface area (TPSA) is 38.7 Å². The molecule has 18 heavy (non-hydrogen) atoms. The molecule has 2 aromatic heterocycles. The van der Waals surface area contributed by atoms with Gasteiger partial charge in [0.25, 0.3) is 0 Å². The Kier molecular flexibility index (Phi) is 3.38. The highest BCUT2D eigenvalue weighted by molar-refractivity contribution is 7.10. The molecule has 0 bridgehead atoms. The zero-order valence-corrected chi connectivity index (χ0v) is 12.2. The van der Waals surface area contributed by atoms with Gasteiger partial charge in [0, 0.05) is 10.8 Å². The van der Waals surface area contributed by atoms with E-state index in [2.05, 4.69) is 35.7 Å². The molecule has 0 aliphatic heterocycles. The van der Waals surface area contributed by atoms with Crippen LogP contribution >= 0.6 is 22.9 Å². The van der Waals surface area contributed by atoms with Crippen molar-refractivity contribution in [3.05, 3.63) is 27.1 Å². The van der Waals surface area contributed by atoms with E-state index in [4.69, 9.17) is 11.6 Å². The number of hydrogen-bond donors (Lipinski definition) is 0. The number of halogens is 2. The minimum Gasteiger partial charge on any atom is -0.237 e. The van der Waals surface area contributed by atoms with Crippen molar-refractivity contribution in [3.8, 4) is 11.5 Å². The van der Waals surface area contributed by atoms with E-state index in [-0.39, 0.29) is 16.3 Å². The molecule has 0 aliphatic rings.